The van der Waals surface area contributed by atoms with Gasteiger partial charge in [-0.25, -0.2) is 0 Å². The number of benzene rings is 1. The molecule has 1 N–H and O–H groups in total. The van der Waals surface area contributed by atoms with E-state index in [-0.39, 0.29) is 24.0 Å². The van der Waals surface area contributed by atoms with Gasteiger partial charge in [-0.15, -0.1) is 24.0 Å². The van der Waals surface area contributed by atoms with Gasteiger partial charge in [0.2, 0.25) is 0 Å². The number of pyridine rings is 1. The summed E-state index contributed by atoms with van der Waals surface area (Å²) in [6.45, 7) is 0. The van der Waals surface area contributed by atoms with E-state index >= 15 is 0 Å². The van der Waals surface area contributed by atoms with Crippen molar-refractivity contribution in [2.75, 3.05) is 19.0 Å². The van der Waals surface area contributed by atoms with Crippen molar-refractivity contribution in [2.24, 2.45) is 0 Å². The second-order valence-electron chi connectivity index (χ2n) is 4.53. The smallest absolute Gasteiger partial charge is 0.0845 e. The van der Waals surface area contributed by atoms with Gasteiger partial charge in [0.25, 0.3) is 0 Å². The number of hydrogen-bond donors (Lipinski definition) is 1. The van der Waals surface area contributed by atoms with Crippen LogP contribution in [0.3, 0.4) is 0 Å². The average molecular weight is 370 g/mol. The van der Waals surface area contributed by atoms with E-state index in [9.17, 15) is 5.11 Å². The first kappa shape index (κ1) is 15.9. The molecule has 1 unspecified atom stereocenters. The first-order chi connectivity index (χ1) is 8.66. The van der Waals surface area contributed by atoms with Crippen LogP contribution >= 0.6 is 24.0 Å². The van der Waals surface area contributed by atoms with Crippen molar-refractivity contribution in [3.05, 3.63) is 59.9 Å². The molecular formula is C15H19IN2O. The van der Waals surface area contributed by atoms with E-state index in [0.717, 1.165) is 16.9 Å². The molecule has 1 aromatic heterocycles. The summed E-state index contributed by atoms with van der Waals surface area (Å²) in [6, 6.07) is 13.7. The van der Waals surface area contributed by atoms with E-state index < -0.39 is 6.10 Å². The first-order valence-corrected chi connectivity index (χ1v) is 6.02. The number of halogens is 1. The fourth-order valence-electron chi connectivity index (χ4n) is 1.83. The van der Waals surface area contributed by atoms with Crippen LogP contribution in [0.4, 0.5) is 5.69 Å². The highest BCUT2D eigenvalue weighted by Gasteiger charge is 2.09. The molecule has 2 aromatic rings. The minimum absolute atomic E-state index is 0. The number of anilines is 1. The largest absolute Gasteiger partial charge is 0.388 e. The van der Waals surface area contributed by atoms with Crippen LogP contribution in [0.5, 0.6) is 0 Å². The van der Waals surface area contributed by atoms with Crippen LogP contribution in [0.25, 0.3) is 0 Å². The molecule has 0 aliphatic rings. The molecule has 0 saturated carbocycles. The summed E-state index contributed by atoms with van der Waals surface area (Å²) in [5.74, 6) is 0. The number of aliphatic hydroxyl groups is 1. The maximum absolute atomic E-state index is 10.1. The Labute approximate surface area is 131 Å². The Morgan fingerprint density at radius 3 is 2.32 bits per heavy atom. The van der Waals surface area contributed by atoms with E-state index in [1.807, 2.05) is 61.5 Å². The third kappa shape index (κ3) is 4.47. The SMILES string of the molecule is CN(C)c1ccc(C(O)Cc2ccccn2)cc1.I. The van der Waals surface area contributed by atoms with E-state index in [1.165, 1.54) is 0 Å². The number of nitrogens with zero attached hydrogens (tertiary/aromatic N) is 2. The molecule has 2 rings (SSSR count). The van der Waals surface area contributed by atoms with Crippen molar-refractivity contribution in [1.29, 1.82) is 0 Å². The Kier molecular flexibility index (Phi) is 6.24. The minimum atomic E-state index is -0.504. The second-order valence-corrected chi connectivity index (χ2v) is 4.53. The summed E-state index contributed by atoms with van der Waals surface area (Å²) >= 11 is 0. The van der Waals surface area contributed by atoms with Crippen LogP contribution in [0, 0.1) is 0 Å². The molecular weight excluding hydrogens is 351 g/mol. The molecule has 4 heteroatoms. The third-order valence-electron chi connectivity index (χ3n) is 2.92. The Morgan fingerprint density at radius 1 is 1.11 bits per heavy atom. The molecule has 0 fully saturated rings. The molecule has 19 heavy (non-hydrogen) atoms. The number of rotatable bonds is 4. The van der Waals surface area contributed by atoms with Crippen LogP contribution < -0.4 is 4.90 Å². The maximum atomic E-state index is 10.1. The van der Waals surface area contributed by atoms with E-state index in [0.29, 0.717) is 6.42 Å². The van der Waals surface area contributed by atoms with Gasteiger partial charge in [-0.3, -0.25) is 4.98 Å². The predicted molar refractivity (Wildman–Crippen MR) is 89.1 cm³/mol. The molecule has 1 atom stereocenters. The van der Waals surface area contributed by atoms with Gasteiger partial charge in [-0.05, 0) is 29.8 Å². The number of aliphatic hydroxyl groups excluding tert-OH is 1. The second kappa shape index (κ2) is 7.45. The highest BCUT2D eigenvalue weighted by atomic mass is 127. The van der Waals surface area contributed by atoms with Gasteiger partial charge >= 0.3 is 0 Å². The highest BCUT2D eigenvalue weighted by molar-refractivity contribution is 14.0. The van der Waals surface area contributed by atoms with Crippen molar-refractivity contribution >= 4 is 29.7 Å². The van der Waals surface area contributed by atoms with Crippen molar-refractivity contribution in [2.45, 2.75) is 12.5 Å². The summed E-state index contributed by atoms with van der Waals surface area (Å²) in [4.78, 5) is 6.26. The van der Waals surface area contributed by atoms with Crippen molar-refractivity contribution in [1.82, 2.24) is 4.98 Å². The lowest BCUT2D eigenvalue weighted by molar-refractivity contribution is 0.177. The van der Waals surface area contributed by atoms with E-state index in [2.05, 4.69) is 4.98 Å². The molecule has 0 saturated heterocycles. The van der Waals surface area contributed by atoms with E-state index in [4.69, 9.17) is 0 Å². The fraction of sp³-hybridized carbons (Fsp3) is 0.267. The summed E-state index contributed by atoms with van der Waals surface area (Å²) in [7, 11) is 4.00. The minimum Gasteiger partial charge on any atom is -0.388 e. The van der Waals surface area contributed by atoms with Gasteiger partial charge in [-0.1, -0.05) is 18.2 Å². The predicted octanol–water partition coefficient (Wildman–Crippen LogP) is 3.04. The van der Waals surface area contributed by atoms with Gasteiger partial charge in [0.1, 0.15) is 0 Å². The van der Waals surface area contributed by atoms with Crippen molar-refractivity contribution < 1.29 is 5.11 Å². The summed E-state index contributed by atoms with van der Waals surface area (Å²) < 4.78 is 0. The highest BCUT2D eigenvalue weighted by Crippen LogP contribution is 2.20. The standard InChI is InChI=1S/C15H18N2O.HI/c1-17(2)14-8-6-12(7-9-14)15(18)11-13-5-3-4-10-16-13;/h3-10,15,18H,11H2,1-2H3;1H. The molecule has 0 amide bonds. The summed E-state index contributed by atoms with van der Waals surface area (Å²) in [6.07, 6.45) is 1.79. The Bertz CT molecular complexity index is 485. The van der Waals surface area contributed by atoms with Crippen LogP contribution in [0.1, 0.15) is 17.4 Å². The maximum Gasteiger partial charge on any atom is 0.0845 e. The molecule has 0 radical (unpaired) electrons. The molecule has 0 aliphatic carbocycles. The summed E-state index contributed by atoms with van der Waals surface area (Å²) in [5.41, 5.74) is 2.96. The fourth-order valence-corrected chi connectivity index (χ4v) is 1.83. The van der Waals surface area contributed by atoms with Gasteiger partial charge in [0.05, 0.1) is 6.10 Å². The Balaban J connectivity index is 0.00000180. The lowest BCUT2D eigenvalue weighted by atomic mass is 10.0. The molecule has 1 heterocycles. The lowest BCUT2D eigenvalue weighted by Gasteiger charge is -2.15. The first-order valence-electron chi connectivity index (χ1n) is 6.02. The Hall–Kier alpha value is -1.14. The van der Waals surface area contributed by atoms with Gasteiger partial charge in [-0.2, -0.15) is 0 Å². The van der Waals surface area contributed by atoms with Crippen molar-refractivity contribution in [3.63, 3.8) is 0 Å². The lowest BCUT2D eigenvalue weighted by Crippen LogP contribution is -2.09. The molecule has 1 aromatic carbocycles. The van der Waals surface area contributed by atoms with Crippen LogP contribution in [-0.4, -0.2) is 24.2 Å². The van der Waals surface area contributed by atoms with Gasteiger partial charge in [0.15, 0.2) is 0 Å². The molecule has 0 bridgehead atoms. The number of hydrogen-bond acceptors (Lipinski definition) is 3. The topological polar surface area (TPSA) is 36.4 Å². The van der Waals surface area contributed by atoms with Gasteiger partial charge in [0, 0.05) is 38.1 Å². The van der Waals surface area contributed by atoms with Crippen LogP contribution in [0.15, 0.2) is 48.7 Å². The van der Waals surface area contributed by atoms with Crippen molar-refractivity contribution in [3.8, 4) is 0 Å². The zero-order valence-electron chi connectivity index (χ0n) is 11.2. The average Bonchev–Trinajstić information content (AvgIpc) is 2.40. The quantitative estimate of drug-likeness (QED) is 0.841. The van der Waals surface area contributed by atoms with Gasteiger partial charge < -0.3 is 10.0 Å². The zero-order chi connectivity index (χ0) is 13.0. The normalized spacial score (nSPS) is 11.5. The van der Waals surface area contributed by atoms with Crippen LogP contribution in [0.2, 0.25) is 0 Å². The molecule has 0 aliphatic heterocycles. The number of aromatic nitrogens is 1. The van der Waals surface area contributed by atoms with E-state index in [1.54, 1.807) is 6.20 Å². The zero-order valence-corrected chi connectivity index (χ0v) is 13.5. The molecule has 3 nitrogen and oxygen atoms in total. The monoisotopic (exact) mass is 370 g/mol. The van der Waals surface area contributed by atoms with Crippen LogP contribution in [-0.2, 0) is 6.42 Å². The third-order valence-corrected chi connectivity index (χ3v) is 2.92. The summed E-state index contributed by atoms with van der Waals surface area (Å²) in [5, 5.41) is 10.1. The Morgan fingerprint density at radius 2 is 1.79 bits per heavy atom. The molecule has 0 spiro atoms. The molecule has 102 valence electrons.